The normalized spacial score (nSPS) is 16.1. The van der Waals surface area contributed by atoms with Gasteiger partial charge in [0, 0.05) is 30.0 Å². The van der Waals surface area contributed by atoms with Crippen LogP contribution in [0.25, 0.3) is 0 Å². The third-order valence-electron chi connectivity index (χ3n) is 2.95. The Kier molecular flexibility index (Phi) is 3.85. The van der Waals surface area contributed by atoms with Gasteiger partial charge in [0.1, 0.15) is 5.82 Å². The maximum Gasteiger partial charge on any atom is 0.241 e. The van der Waals surface area contributed by atoms with E-state index in [9.17, 15) is 4.79 Å². The summed E-state index contributed by atoms with van der Waals surface area (Å²) in [6, 6.07) is 0. The standard InChI is InChI=1S/C12H20N4OS/c1-12(2,3)10-14-11(18-15-10)13-8-9(17)16-6-4-5-7-16/h4-8H2,1-3H3,(H,13,14,15). The summed E-state index contributed by atoms with van der Waals surface area (Å²) in [5.41, 5.74) is -0.0462. The zero-order valence-electron chi connectivity index (χ0n) is 11.2. The summed E-state index contributed by atoms with van der Waals surface area (Å²) in [5, 5.41) is 3.80. The van der Waals surface area contributed by atoms with Crippen LogP contribution in [0, 0.1) is 0 Å². The van der Waals surface area contributed by atoms with Gasteiger partial charge in [0.2, 0.25) is 11.0 Å². The Hall–Kier alpha value is -1.17. The first kappa shape index (κ1) is 13.3. The van der Waals surface area contributed by atoms with Crippen LogP contribution < -0.4 is 5.32 Å². The number of likely N-dealkylation sites (tertiary alicyclic amines) is 1. The SMILES string of the molecule is CC(C)(C)c1nsc(NCC(=O)N2CCCC2)n1. The Labute approximate surface area is 112 Å². The summed E-state index contributed by atoms with van der Waals surface area (Å²) in [5.74, 6) is 0.976. The summed E-state index contributed by atoms with van der Waals surface area (Å²) in [6.45, 7) is 8.34. The number of nitrogens with zero attached hydrogens (tertiary/aromatic N) is 3. The number of anilines is 1. The number of carbonyl (C=O) groups excluding carboxylic acids is 1. The summed E-state index contributed by atoms with van der Waals surface area (Å²) in [4.78, 5) is 18.1. The second-order valence-corrected chi connectivity index (χ2v) is 6.37. The molecule has 0 aromatic carbocycles. The minimum atomic E-state index is -0.0462. The number of amides is 1. The van der Waals surface area contributed by atoms with Crippen molar-refractivity contribution in [1.82, 2.24) is 14.3 Å². The van der Waals surface area contributed by atoms with Crippen molar-refractivity contribution in [2.75, 3.05) is 25.0 Å². The lowest BCUT2D eigenvalue weighted by molar-refractivity contribution is -0.128. The summed E-state index contributed by atoms with van der Waals surface area (Å²) < 4.78 is 4.31. The quantitative estimate of drug-likeness (QED) is 0.909. The van der Waals surface area contributed by atoms with E-state index in [-0.39, 0.29) is 11.3 Å². The molecule has 0 saturated carbocycles. The molecular formula is C12H20N4OS. The number of hydrogen-bond donors (Lipinski definition) is 1. The number of rotatable bonds is 3. The first-order chi connectivity index (χ1) is 8.47. The summed E-state index contributed by atoms with van der Waals surface area (Å²) in [6.07, 6.45) is 2.25. The highest BCUT2D eigenvalue weighted by molar-refractivity contribution is 7.09. The predicted molar refractivity (Wildman–Crippen MR) is 72.9 cm³/mol. The maximum absolute atomic E-state index is 11.8. The molecule has 0 spiro atoms. The van der Waals surface area contributed by atoms with Crippen LogP contribution in [0.4, 0.5) is 5.13 Å². The molecule has 1 aromatic heterocycles. The topological polar surface area (TPSA) is 58.1 Å². The van der Waals surface area contributed by atoms with E-state index in [0.717, 1.165) is 36.9 Å². The Morgan fingerprint density at radius 3 is 2.61 bits per heavy atom. The lowest BCUT2D eigenvalue weighted by Crippen LogP contribution is -2.32. The smallest absolute Gasteiger partial charge is 0.241 e. The molecule has 1 aromatic rings. The van der Waals surface area contributed by atoms with Gasteiger partial charge in [-0.1, -0.05) is 20.8 Å². The summed E-state index contributed by atoms with van der Waals surface area (Å²) >= 11 is 1.32. The van der Waals surface area contributed by atoms with Gasteiger partial charge < -0.3 is 10.2 Å². The van der Waals surface area contributed by atoms with Crippen LogP contribution in [-0.4, -0.2) is 39.8 Å². The van der Waals surface area contributed by atoms with E-state index >= 15 is 0 Å². The van der Waals surface area contributed by atoms with E-state index < -0.39 is 0 Å². The molecule has 2 heterocycles. The van der Waals surface area contributed by atoms with Crippen LogP contribution in [0.2, 0.25) is 0 Å². The minimum Gasteiger partial charge on any atom is -0.351 e. The average Bonchev–Trinajstić information content (AvgIpc) is 2.96. The molecule has 2 rings (SSSR count). The molecule has 0 atom stereocenters. The second-order valence-electron chi connectivity index (χ2n) is 5.61. The van der Waals surface area contributed by atoms with Crippen LogP contribution >= 0.6 is 11.5 Å². The molecule has 0 unspecified atom stereocenters. The Balaban J connectivity index is 1.86. The lowest BCUT2D eigenvalue weighted by atomic mass is 9.96. The third-order valence-corrected chi connectivity index (χ3v) is 3.62. The van der Waals surface area contributed by atoms with E-state index in [1.54, 1.807) is 0 Å². The Morgan fingerprint density at radius 1 is 1.39 bits per heavy atom. The van der Waals surface area contributed by atoms with Gasteiger partial charge in [0.25, 0.3) is 0 Å². The van der Waals surface area contributed by atoms with Crippen LogP contribution in [0.15, 0.2) is 0 Å². The van der Waals surface area contributed by atoms with Gasteiger partial charge in [-0.05, 0) is 12.8 Å². The van der Waals surface area contributed by atoms with Crippen molar-refractivity contribution in [2.24, 2.45) is 0 Å². The van der Waals surface area contributed by atoms with Crippen molar-refractivity contribution in [3.8, 4) is 0 Å². The molecule has 0 radical (unpaired) electrons. The number of carbonyl (C=O) groups is 1. The van der Waals surface area contributed by atoms with Crippen LogP contribution in [0.5, 0.6) is 0 Å². The Bertz CT molecular complexity index is 418. The highest BCUT2D eigenvalue weighted by Gasteiger charge is 2.21. The van der Waals surface area contributed by atoms with Crippen molar-refractivity contribution in [1.29, 1.82) is 0 Å². The maximum atomic E-state index is 11.8. The van der Waals surface area contributed by atoms with E-state index in [1.807, 2.05) is 4.90 Å². The molecule has 5 nitrogen and oxygen atoms in total. The molecule has 1 amide bonds. The van der Waals surface area contributed by atoms with Crippen molar-refractivity contribution >= 4 is 22.6 Å². The van der Waals surface area contributed by atoms with Gasteiger partial charge in [0.15, 0.2) is 0 Å². The lowest BCUT2D eigenvalue weighted by Gasteiger charge is -2.15. The van der Waals surface area contributed by atoms with Gasteiger partial charge >= 0.3 is 0 Å². The second kappa shape index (κ2) is 5.22. The number of hydrogen-bond acceptors (Lipinski definition) is 5. The first-order valence-corrected chi connectivity index (χ1v) is 7.10. The zero-order chi connectivity index (χ0) is 13.2. The van der Waals surface area contributed by atoms with E-state index in [2.05, 4.69) is 35.4 Å². The highest BCUT2D eigenvalue weighted by Crippen LogP contribution is 2.22. The van der Waals surface area contributed by atoms with E-state index in [1.165, 1.54) is 11.5 Å². The monoisotopic (exact) mass is 268 g/mol. The fourth-order valence-electron chi connectivity index (χ4n) is 1.83. The van der Waals surface area contributed by atoms with Crippen molar-refractivity contribution in [3.05, 3.63) is 5.82 Å². The van der Waals surface area contributed by atoms with Gasteiger partial charge in [0.05, 0.1) is 6.54 Å². The molecule has 6 heteroatoms. The molecule has 1 aliphatic rings. The number of nitrogens with one attached hydrogen (secondary N) is 1. The highest BCUT2D eigenvalue weighted by atomic mass is 32.1. The number of aromatic nitrogens is 2. The van der Waals surface area contributed by atoms with Gasteiger partial charge in [-0.3, -0.25) is 4.79 Å². The van der Waals surface area contributed by atoms with Gasteiger partial charge in [-0.2, -0.15) is 4.37 Å². The van der Waals surface area contributed by atoms with Crippen LogP contribution in [-0.2, 0) is 10.2 Å². The minimum absolute atomic E-state index is 0.0462. The molecule has 0 bridgehead atoms. The van der Waals surface area contributed by atoms with Crippen LogP contribution in [0.3, 0.4) is 0 Å². The fourth-order valence-corrected chi connectivity index (χ4v) is 2.58. The van der Waals surface area contributed by atoms with Gasteiger partial charge in [-0.15, -0.1) is 0 Å². The van der Waals surface area contributed by atoms with Crippen LogP contribution in [0.1, 0.15) is 39.4 Å². The molecule has 1 aliphatic heterocycles. The fraction of sp³-hybridized carbons (Fsp3) is 0.750. The predicted octanol–water partition coefficient (Wildman–Crippen LogP) is 1.87. The van der Waals surface area contributed by atoms with Gasteiger partial charge in [-0.25, -0.2) is 4.98 Å². The molecule has 1 N–H and O–H groups in total. The molecule has 100 valence electrons. The molecule has 18 heavy (non-hydrogen) atoms. The molecule has 1 fully saturated rings. The molecule has 0 aliphatic carbocycles. The first-order valence-electron chi connectivity index (χ1n) is 6.32. The Morgan fingerprint density at radius 2 is 2.06 bits per heavy atom. The largest absolute Gasteiger partial charge is 0.351 e. The van der Waals surface area contributed by atoms with Crippen molar-refractivity contribution in [2.45, 2.75) is 39.0 Å². The van der Waals surface area contributed by atoms with E-state index in [0.29, 0.717) is 6.54 Å². The zero-order valence-corrected chi connectivity index (χ0v) is 12.0. The summed E-state index contributed by atoms with van der Waals surface area (Å²) in [7, 11) is 0. The van der Waals surface area contributed by atoms with Crippen molar-refractivity contribution in [3.63, 3.8) is 0 Å². The molecular weight excluding hydrogens is 248 g/mol. The van der Waals surface area contributed by atoms with Crippen molar-refractivity contribution < 1.29 is 4.79 Å². The molecule has 1 saturated heterocycles. The average molecular weight is 268 g/mol. The third kappa shape index (κ3) is 3.19. The van der Waals surface area contributed by atoms with E-state index in [4.69, 9.17) is 0 Å².